The zero-order valence-corrected chi connectivity index (χ0v) is 18.1. The van der Waals surface area contributed by atoms with E-state index >= 15 is 0 Å². The van der Waals surface area contributed by atoms with Crippen molar-refractivity contribution in [2.75, 3.05) is 6.61 Å². The Morgan fingerprint density at radius 2 is 1.97 bits per heavy atom. The molecule has 0 aliphatic carbocycles. The Bertz CT molecular complexity index is 1280. The number of benzene rings is 1. The van der Waals surface area contributed by atoms with Gasteiger partial charge in [-0.15, -0.1) is 0 Å². The molecule has 32 heavy (non-hydrogen) atoms. The molecule has 4 heterocycles. The van der Waals surface area contributed by atoms with E-state index in [0.29, 0.717) is 22.8 Å². The van der Waals surface area contributed by atoms with Crippen LogP contribution < -0.4 is 10.5 Å². The third-order valence-corrected chi connectivity index (χ3v) is 5.53. The van der Waals surface area contributed by atoms with Gasteiger partial charge >= 0.3 is 0 Å². The summed E-state index contributed by atoms with van der Waals surface area (Å²) in [4.78, 5) is 13.0. The van der Waals surface area contributed by atoms with Gasteiger partial charge in [-0.3, -0.25) is 0 Å². The van der Waals surface area contributed by atoms with Crippen molar-refractivity contribution in [1.82, 2.24) is 9.97 Å². The highest BCUT2D eigenvalue weighted by molar-refractivity contribution is 5.78. The molecule has 1 aromatic carbocycles. The molecule has 2 N–H and O–H groups in total. The lowest BCUT2D eigenvalue weighted by molar-refractivity contribution is 0.262. The summed E-state index contributed by atoms with van der Waals surface area (Å²) in [5.41, 5.74) is 8.53. The lowest BCUT2D eigenvalue weighted by Crippen LogP contribution is -2.31. The Morgan fingerprint density at radius 3 is 2.69 bits per heavy atom. The van der Waals surface area contributed by atoms with E-state index in [1.165, 1.54) is 6.20 Å². The molecule has 2 aromatic heterocycles. The average Bonchev–Trinajstić information content (AvgIpc) is 3.15. The number of ether oxygens (including phenoxy) is 2. The van der Waals surface area contributed by atoms with Gasteiger partial charge in [0.25, 0.3) is 6.02 Å². The fourth-order valence-electron chi connectivity index (χ4n) is 3.95. The minimum atomic E-state index is -0.930. The second-order valence-electron chi connectivity index (χ2n) is 9.07. The monoisotopic (exact) mass is 430 g/mol. The zero-order chi connectivity index (χ0) is 22.5. The van der Waals surface area contributed by atoms with Crippen molar-refractivity contribution < 1.29 is 13.9 Å². The predicted octanol–water partition coefficient (Wildman–Crippen LogP) is 5.04. The number of aliphatic imine (C=N–C) groups is 1. The molecule has 0 unspecified atom stereocenters. The summed E-state index contributed by atoms with van der Waals surface area (Å²) in [6, 6.07) is 10.9. The van der Waals surface area contributed by atoms with Crippen molar-refractivity contribution in [3.63, 3.8) is 0 Å². The van der Waals surface area contributed by atoms with Crippen molar-refractivity contribution in [2.24, 2.45) is 16.1 Å². The van der Waals surface area contributed by atoms with E-state index in [2.05, 4.69) is 41.8 Å². The van der Waals surface area contributed by atoms with Crippen molar-refractivity contribution in [3.8, 4) is 22.8 Å². The molecule has 0 saturated heterocycles. The number of hydrogen-bond donors (Lipinski definition) is 1. The van der Waals surface area contributed by atoms with Crippen LogP contribution in [0, 0.1) is 11.4 Å². The molecule has 162 valence electrons. The highest BCUT2D eigenvalue weighted by Crippen LogP contribution is 2.51. The van der Waals surface area contributed by atoms with E-state index in [1.54, 1.807) is 30.5 Å². The van der Waals surface area contributed by atoms with Crippen LogP contribution in [-0.2, 0) is 10.3 Å². The van der Waals surface area contributed by atoms with Crippen LogP contribution in [-0.4, -0.2) is 22.6 Å². The first kappa shape index (κ1) is 20.2. The van der Waals surface area contributed by atoms with Gasteiger partial charge in [-0.25, -0.2) is 15.0 Å². The summed E-state index contributed by atoms with van der Waals surface area (Å²) in [5, 5.41) is 0. The summed E-state index contributed by atoms with van der Waals surface area (Å²) < 4.78 is 26.1. The van der Waals surface area contributed by atoms with E-state index in [0.717, 1.165) is 16.7 Å². The highest BCUT2D eigenvalue weighted by Gasteiger charge is 2.47. The molecule has 3 aromatic rings. The topological polar surface area (TPSA) is 82.6 Å². The molecule has 6 nitrogen and oxygen atoms in total. The van der Waals surface area contributed by atoms with Crippen LogP contribution in [0.1, 0.15) is 37.5 Å². The summed E-state index contributed by atoms with van der Waals surface area (Å²) in [7, 11) is 0. The molecule has 1 spiro atoms. The molecule has 2 aliphatic heterocycles. The van der Waals surface area contributed by atoms with Crippen LogP contribution in [0.4, 0.5) is 4.39 Å². The van der Waals surface area contributed by atoms with E-state index in [9.17, 15) is 4.39 Å². The smallest absolute Gasteiger partial charge is 0.283 e. The Morgan fingerprint density at radius 1 is 1.12 bits per heavy atom. The molecule has 0 fully saturated rings. The minimum Gasteiger partial charge on any atom is -0.462 e. The lowest BCUT2D eigenvalue weighted by Gasteiger charge is -2.33. The number of hydrogen-bond acceptors (Lipinski definition) is 6. The number of halogens is 1. The quantitative estimate of drug-likeness (QED) is 0.576. The summed E-state index contributed by atoms with van der Waals surface area (Å²) in [5.74, 6) is 0.492. The maximum atomic E-state index is 14.4. The molecule has 1 atom stereocenters. The first-order valence-corrected chi connectivity index (χ1v) is 10.4. The maximum Gasteiger partial charge on any atom is 0.283 e. The first-order valence-electron chi connectivity index (χ1n) is 10.4. The Balaban J connectivity index is 1.68. The fourth-order valence-corrected chi connectivity index (χ4v) is 3.95. The second-order valence-corrected chi connectivity index (χ2v) is 9.07. The summed E-state index contributed by atoms with van der Waals surface area (Å²) in [6.45, 7) is 6.59. The van der Waals surface area contributed by atoms with E-state index in [4.69, 9.17) is 15.2 Å². The van der Waals surface area contributed by atoms with Gasteiger partial charge in [0.15, 0.2) is 5.54 Å². The number of fused-ring (bicyclic) bond motifs is 4. The fraction of sp³-hybridized carbons (Fsp3) is 0.240. The predicted molar refractivity (Wildman–Crippen MR) is 121 cm³/mol. The molecule has 5 rings (SSSR count). The largest absolute Gasteiger partial charge is 0.462 e. The second kappa shape index (κ2) is 7.15. The van der Waals surface area contributed by atoms with E-state index in [1.807, 2.05) is 18.2 Å². The van der Waals surface area contributed by atoms with Gasteiger partial charge in [-0.05, 0) is 46.9 Å². The van der Waals surface area contributed by atoms with Crippen LogP contribution in [0.5, 0.6) is 11.6 Å². The van der Waals surface area contributed by atoms with Gasteiger partial charge in [0.2, 0.25) is 11.8 Å². The van der Waals surface area contributed by atoms with Gasteiger partial charge < -0.3 is 15.2 Å². The molecule has 0 amide bonds. The van der Waals surface area contributed by atoms with E-state index in [-0.39, 0.29) is 18.0 Å². The highest BCUT2D eigenvalue weighted by atomic mass is 19.1. The van der Waals surface area contributed by atoms with Crippen molar-refractivity contribution in [2.45, 2.75) is 26.3 Å². The van der Waals surface area contributed by atoms with Crippen LogP contribution in [0.25, 0.3) is 17.2 Å². The normalized spacial score (nSPS) is 19.3. The van der Waals surface area contributed by atoms with Crippen LogP contribution >= 0.6 is 0 Å². The average molecular weight is 430 g/mol. The Kier molecular flexibility index (Phi) is 4.51. The van der Waals surface area contributed by atoms with Crippen LogP contribution in [0.3, 0.4) is 0 Å². The summed E-state index contributed by atoms with van der Waals surface area (Å²) in [6.07, 6.45) is 7.34. The van der Waals surface area contributed by atoms with Gasteiger partial charge in [0.1, 0.15) is 12.4 Å². The SMILES string of the molecule is CC(C)(C)C=Cc1cnc2c(c1)[C@]1(COC(N)=N1)c1cc(-c3cccnc3F)ccc1O2. The third kappa shape index (κ3) is 3.39. The van der Waals surface area contributed by atoms with Gasteiger partial charge in [-0.2, -0.15) is 4.39 Å². The lowest BCUT2D eigenvalue weighted by atomic mass is 9.81. The molecular weight excluding hydrogens is 407 g/mol. The standard InChI is InChI=1S/C25H23FN4O2/c1-24(2,3)9-8-15-11-19-22(29-13-15)32-20-7-6-16(17-5-4-10-28-21(17)26)12-18(20)25(19)14-31-23(27)30-25/h4-13H,14H2,1-3H3,(H2,27,30)/t25-/m0/s1. The van der Waals surface area contributed by atoms with Crippen LogP contribution in [0.15, 0.2) is 59.9 Å². The Labute approximate surface area is 185 Å². The number of allylic oxidation sites excluding steroid dienone is 1. The van der Waals surface area contributed by atoms with Gasteiger partial charge in [-0.1, -0.05) is 39.0 Å². The van der Waals surface area contributed by atoms with Crippen LogP contribution in [0.2, 0.25) is 0 Å². The Hall–Kier alpha value is -3.74. The van der Waals surface area contributed by atoms with Crippen molar-refractivity contribution >= 4 is 12.1 Å². The van der Waals surface area contributed by atoms with Gasteiger partial charge in [0, 0.05) is 23.5 Å². The minimum absolute atomic E-state index is 0.0262. The van der Waals surface area contributed by atoms with Crippen molar-refractivity contribution in [1.29, 1.82) is 0 Å². The number of amidine groups is 1. The molecule has 2 aliphatic rings. The van der Waals surface area contributed by atoms with Crippen molar-refractivity contribution in [3.05, 3.63) is 77.5 Å². The summed E-state index contributed by atoms with van der Waals surface area (Å²) >= 11 is 0. The third-order valence-electron chi connectivity index (χ3n) is 5.53. The molecule has 7 heteroatoms. The number of nitrogens with two attached hydrogens (primary N) is 1. The first-order chi connectivity index (χ1) is 15.2. The zero-order valence-electron chi connectivity index (χ0n) is 18.1. The van der Waals surface area contributed by atoms with Gasteiger partial charge in [0.05, 0.1) is 5.56 Å². The molecule has 0 bridgehead atoms. The number of aromatic nitrogens is 2. The molecule has 0 saturated carbocycles. The molecule has 0 radical (unpaired) electrons. The number of nitrogens with zero attached hydrogens (tertiary/aromatic N) is 3. The van der Waals surface area contributed by atoms with E-state index < -0.39 is 11.5 Å². The number of rotatable bonds is 2. The number of pyridine rings is 2. The maximum absolute atomic E-state index is 14.4. The molecular formula is C25H23FN4O2.